The molecule has 0 spiro atoms. The van der Waals surface area contributed by atoms with Crippen LogP contribution < -0.4 is 0 Å². The van der Waals surface area contributed by atoms with Gasteiger partial charge >= 0.3 is 12.1 Å². The summed E-state index contributed by atoms with van der Waals surface area (Å²) in [7, 11) is 0. The van der Waals surface area contributed by atoms with Gasteiger partial charge in [-0.05, 0) is 26.7 Å². The van der Waals surface area contributed by atoms with Crippen molar-refractivity contribution in [2.45, 2.75) is 45.4 Å². The minimum atomic E-state index is -4.27. The van der Waals surface area contributed by atoms with Crippen molar-refractivity contribution < 1.29 is 27.8 Å². The highest BCUT2D eigenvalue weighted by Gasteiger charge is 2.37. The molecule has 0 radical (unpaired) electrons. The van der Waals surface area contributed by atoms with E-state index in [0.29, 0.717) is 0 Å². The zero-order valence-electron chi connectivity index (χ0n) is 10.8. The maximum atomic E-state index is 12.3. The van der Waals surface area contributed by atoms with Crippen molar-refractivity contribution in [3.8, 4) is 0 Å². The molecular formula is C12H19F3O3. The van der Waals surface area contributed by atoms with E-state index in [1.165, 1.54) is 13.8 Å². The van der Waals surface area contributed by atoms with E-state index < -0.39 is 23.7 Å². The molecule has 0 fully saturated rings. The first-order valence-corrected chi connectivity index (χ1v) is 5.57. The third kappa shape index (κ3) is 6.64. The molecule has 0 bridgehead atoms. The van der Waals surface area contributed by atoms with Crippen LogP contribution in [0.25, 0.3) is 0 Å². The van der Waals surface area contributed by atoms with Crippen molar-refractivity contribution in [3.05, 3.63) is 12.2 Å². The SMILES string of the molecule is C=C(C)C(=O)OCC(C)(O)CCC(C)C(F)(F)F. The summed E-state index contributed by atoms with van der Waals surface area (Å²) in [4.78, 5) is 11.1. The molecule has 2 atom stereocenters. The summed E-state index contributed by atoms with van der Waals surface area (Å²) in [6.07, 6.45) is -4.59. The molecule has 0 amide bonds. The molecule has 6 heteroatoms. The molecule has 2 unspecified atom stereocenters. The summed E-state index contributed by atoms with van der Waals surface area (Å²) in [5, 5.41) is 9.79. The van der Waals surface area contributed by atoms with Gasteiger partial charge in [0.2, 0.25) is 0 Å². The van der Waals surface area contributed by atoms with Crippen molar-refractivity contribution in [1.29, 1.82) is 0 Å². The van der Waals surface area contributed by atoms with E-state index in [0.717, 1.165) is 6.92 Å². The predicted octanol–water partition coefficient (Wildman–Crippen LogP) is 2.84. The Kier molecular flexibility index (Phi) is 5.86. The summed E-state index contributed by atoms with van der Waals surface area (Å²) in [5.74, 6) is -2.17. The van der Waals surface area contributed by atoms with Gasteiger partial charge in [0.15, 0.2) is 0 Å². The Morgan fingerprint density at radius 2 is 1.94 bits per heavy atom. The molecule has 0 rings (SSSR count). The number of esters is 1. The molecule has 0 saturated heterocycles. The van der Waals surface area contributed by atoms with Crippen LogP contribution in [0.3, 0.4) is 0 Å². The summed E-state index contributed by atoms with van der Waals surface area (Å²) in [6.45, 7) is 6.85. The van der Waals surface area contributed by atoms with Crippen molar-refractivity contribution in [1.82, 2.24) is 0 Å². The van der Waals surface area contributed by atoms with E-state index in [2.05, 4.69) is 6.58 Å². The van der Waals surface area contributed by atoms with E-state index in [1.807, 2.05) is 0 Å². The zero-order chi connectivity index (χ0) is 14.6. The fourth-order valence-electron chi connectivity index (χ4n) is 1.11. The Hall–Kier alpha value is -1.04. The standard InChI is InChI=1S/C12H19F3O3/c1-8(2)10(16)18-7-11(4,17)6-5-9(3)12(13,14)15/h9,17H,1,5-7H2,2-4H3. The molecule has 0 aromatic heterocycles. The first kappa shape index (κ1) is 17.0. The highest BCUT2D eigenvalue weighted by atomic mass is 19.4. The van der Waals surface area contributed by atoms with Crippen molar-refractivity contribution in [3.63, 3.8) is 0 Å². The van der Waals surface area contributed by atoms with Crippen LogP contribution in [0, 0.1) is 5.92 Å². The van der Waals surface area contributed by atoms with Gasteiger partial charge in [0, 0.05) is 5.57 Å². The molecule has 0 aliphatic rings. The Morgan fingerprint density at radius 3 is 2.33 bits per heavy atom. The molecule has 0 heterocycles. The molecular weight excluding hydrogens is 249 g/mol. The smallest absolute Gasteiger partial charge is 0.391 e. The number of hydrogen-bond donors (Lipinski definition) is 1. The van der Waals surface area contributed by atoms with Crippen LogP contribution in [0.4, 0.5) is 13.2 Å². The predicted molar refractivity (Wildman–Crippen MR) is 60.8 cm³/mol. The van der Waals surface area contributed by atoms with E-state index in [1.54, 1.807) is 0 Å². The van der Waals surface area contributed by atoms with E-state index in [-0.39, 0.29) is 25.0 Å². The minimum Gasteiger partial charge on any atom is -0.459 e. The minimum absolute atomic E-state index is 0.100. The van der Waals surface area contributed by atoms with Gasteiger partial charge in [-0.15, -0.1) is 0 Å². The number of alkyl halides is 3. The van der Waals surface area contributed by atoms with Crippen LogP contribution in [-0.4, -0.2) is 29.5 Å². The van der Waals surface area contributed by atoms with E-state index in [9.17, 15) is 23.1 Å². The molecule has 0 aliphatic carbocycles. The lowest BCUT2D eigenvalue weighted by Gasteiger charge is -2.25. The fraction of sp³-hybridized carbons (Fsp3) is 0.750. The van der Waals surface area contributed by atoms with Crippen LogP contribution in [0.5, 0.6) is 0 Å². The van der Waals surface area contributed by atoms with Gasteiger partial charge < -0.3 is 9.84 Å². The van der Waals surface area contributed by atoms with E-state index >= 15 is 0 Å². The Morgan fingerprint density at radius 1 is 1.44 bits per heavy atom. The number of ether oxygens (including phenoxy) is 1. The highest BCUT2D eigenvalue weighted by Crippen LogP contribution is 2.31. The summed E-state index contributed by atoms with van der Waals surface area (Å²) in [5.41, 5.74) is -1.29. The maximum absolute atomic E-state index is 12.3. The molecule has 0 aliphatic heterocycles. The summed E-state index contributed by atoms with van der Waals surface area (Å²) in [6, 6.07) is 0. The van der Waals surface area contributed by atoms with E-state index in [4.69, 9.17) is 4.74 Å². The monoisotopic (exact) mass is 268 g/mol. The number of carbonyl (C=O) groups is 1. The number of halogens is 3. The number of carbonyl (C=O) groups excluding carboxylic acids is 1. The van der Waals surface area contributed by atoms with Crippen molar-refractivity contribution in [2.24, 2.45) is 5.92 Å². The lowest BCUT2D eigenvalue weighted by molar-refractivity contribution is -0.175. The van der Waals surface area contributed by atoms with Gasteiger partial charge in [0.1, 0.15) is 6.61 Å². The van der Waals surface area contributed by atoms with Crippen LogP contribution in [-0.2, 0) is 9.53 Å². The second kappa shape index (κ2) is 6.22. The van der Waals surface area contributed by atoms with Crippen molar-refractivity contribution >= 4 is 5.97 Å². The van der Waals surface area contributed by atoms with Gasteiger partial charge in [0.25, 0.3) is 0 Å². The highest BCUT2D eigenvalue weighted by molar-refractivity contribution is 5.86. The summed E-state index contributed by atoms with van der Waals surface area (Å²) >= 11 is 0. The largest absolute Gasteiger partial charge is 0.459 e. The number of hydrogen-bond acceptors (Lipinski definition) is 3. The summed E-state index contributed by atoms with van der Waals surface area (Å²) < 4.78 is 41.5. The second-order valence-electron chi connectivity index (χ2n) is 4.83. The van der Waals surface area contributed by atoms with Gasteiger partial charge in [-0.25, -0.2) is 4.79 Å². The second-order valence-corrected chi connectivity index (χ2v) is 4.83. The molecule has 0 aromatic carbocycles. The third-order valence-electron chi connectivity index (χ3n) is 2.54. The first-order valence-electron chi connectivity index (χ1n) is 5.57. The average Bonchev–Trinajstić information content (AvgIpc) is 2.21. The van der Waals surface area contributed by atoms with Gasteiger partial charge in [-0.2, -0.15) is 13.2 Å². The molecule has 1 N–H and O–H groups in total. The molecule has 106 valence electrons. The Labute approximate surface area is 105 Å². The molecule has 0 saturated carbocycles. The number of rotatable bonds is 6. The zero-order valence-corrected chi connectivity index (χ0v) is 10.8. The quantitative estimate of drug-likeness (QED) is 0.595. The van der Waals surface area contributed by atoms with Gasteiger partial charge in [-0.3, -0.25) is 0 Å². The molecule has 18 heavy (non-hydrogen) atoms. The molecule has 0 aromatic rings. The lowest BCUT2D eigenvalue weighted by atomic mass is 9.95. The normalized spacial score (nSPS) is 16.8. The average molecular weight is 268 g/mol. The number of aliphatic hydroxyl groups is 1. The topological polar surface area (TPSA) is 46.5 Å². The van der Waals surface area contributed by atoms with Crippen LogP contribution in [0.15, 0.2) is 12.2 Å². The Bertz CT molecular complexity index is 308. The fourth-order valence-corrected chi connectivity index (χ4v) is 1.11. The lowest BCUT2D eigenvalue weighted by Crippen LogP contribution is -2.34. The van der Waals surface area contributed by atoms with Gasteiger partial charge in [-0.1, -0.05) is 13.5 Å². The van der Waals surface area contributed by atoms with Crippen LogP contribution >= 0.6 is 0 Å². The third-order valence-corrected chi connectivity index (χ3v) is 2.54. The van der Waals surface area contributed by atoms with Crippen LogP contribution in [0.1, 0.15) is 33.6 Å². The van der Waals surface area contributed by atoms with Crippen molar-refractivity contribution in [2.75, 3.05) is 6.61 Å². The molecule has 3 nitrogen and oxygen atoms in total. The Balaban J connectivity index is 4.16. The van der Waals surface area contributed by atoms with Crippen LogP contribution in [0.2, 0.25) is 0 Å². The maximum Gasteiger partial charge on any atom is 0.391 e. The van der Waals surface area contributed by atoms with Gasteiger partial charge in [0.05, 0.1) is 11.5 Å². The first-order chi connectivity index (χ1) is 7.96.